The Morgan fingerprint density at radius 3 is 2.83 bits per heavy atom. The fraction of sp³-hybridized carbons (Fsp3) is 0.167. The number of nitrogens with one attached hydrogen (secondary N) is 1. The topological polar surface area (TPSA) is 52.5 Å². The predicted octanol–water partition coefficient (Wildman–Crippen LogP) is 4.05. The summed E-state index contributed by atoms with van der Waals surface area (Å²) in [4.78, 5) is 12.2. The van der Waals surface area contributed by atoms with Crippen LogP contribution in [0.3, 0.4) is 0 Å². The highest BCUT2D eigenvalue weighted by Crippen LogP contribution is 2.39. The van der Waals surface area contributed by atoms with Crippen molar-refractivity contribution in [2.75, 3.05) is 12.1 Å². The van der Waals surface area contributed by atoms with Crippen LogP contribution in [0.5, 0.6) is 11.5 Å². The van der Waals surface area contributed by atoms with E-state index in [0.717, 1.165) is 10.9 Å². The summed E-state index contributed by atoms with van der Waals surface area (Å²) in [5, 5.41) is 4.42. The van der Waals surface area contributed by atoms with E-state index in [4.69, 9.17) is 21.1 Å². The first-order valence-corrected chi connectivity index (χ1v) is 8.01. The molecule has 0 saturated heterocycles. The van der Waals surface area contributed by atoms with Crippen LogP contribution in [0.15, 0.2) is 48.7 Å². The molecule has 0 unspecified atom stereocenters. The summed E-state index contributed by atoms with van der Waals surface area (Å²) in [6, 6.07) is 13.5. The Morgan fingerprint density at radius 1 is 1.17 bits per heavy atom. The number of halogens is 1. The molecule has 1 aliphatic rings. The number of fused-ring (bicyclic) bond motifs is 2. The van der Waals surface area contributed by atoms with Crippen molar-refractivity contribution >= 4 is 34.1 Å². The van der Waals surface area contributed by atoms with Gasteiger partial charge in [0.15, 0.2) is 11.5 Å². The van der Waals surface area contributed by atoms with Gasteiger partial charge in [-0.05, 0) is 17.5 Å². The van der Waals surface area contributed by atoms with Crippen molar-refractivity contribution in [2.45, 2.75) is 13.0 Å². The number of hydrogen-bond acceptors (Lipinski definition) is 3. The zero-order chi connectivity index (χ0) is 16.5. The van der Waals surface area contributed by atoms with E-state index in [-0.39, 0.29) is 12.7 Å². The first-order chi connectivity index (χ1) is 11.7. The molecule has 6 heteroatoms. The van der Waals surface area contributed by atoms with Crippen LogP contribution >= 0.6 is 11.6 Å². The Labute approximate surface area is 143 Å². The van der Waals surface area contributed by atoms with Crippen LogP contribution in [0.1, 0.15) is 6.42 Å². The molecule has 1 N–H and O–H groups in total. The number of benzene rings is 2. The van der Waals surface area contributed by atoms with Gasteiger partial charge in [0.2, 0.25) is 12.7 Å². The standard InChI is InChI=1S/C18H15ClN2O3/c19-13-9-16-17(24-11-23-16)10-14(13)20-18(22)6-8-21-7-5-12-3-1-2-4-15(12)21/h1-5,7,9-10H,6,8,11H2,(H,20,22). The summed E-state index contributed by atoms with van der Waals surface area (Å²) in [6.07, 6.45) is 2.34. The first-order valence-electron chi connectivity index (χ1n) is 7.63. The third-order valence-electron chi connectivity index (χ3n) is 4.00. The van der Waals surface area contributed by atoms with Crippen LogP contribution in [0, 0.1) is 0 Å². The van der Waals surface area contributed by atoms with Gasteiger partial charge in [-0.2, -0.15) is 0 Å². The highest BCUT2D eigenvalue weighted by atomic mass is 35.5. The summed E-state index contributed by atoms with van der Waals surface area (Å²) in [5.41, 5.74) is 1.65. The number of anilines is 1. The molecule has 3 aromatic rings. The molecular formula is C18H15ClN2O3. The Kier molecular flexibility index (Phi) is 3.78. The van der Waals surface area contributed by atoms with Crippen molar-refractivity contribution in [3.8, 4) is 11.5 Å². The number of carbonyl (C=O) groups excluding carboxylic acids is 1. The van der Waals surface area contributed by atoms with Crippen molar-refractivity contribution in [1.29, 1.82) is 0 Å². The van der Waals surface area contributed by atoms with Crippen molar-refractivity contribution in [2.24, 2.45) is 0 Å². The van der Waals surface area contributed by atoms with E-state index in [1.54, 1.807) is 12.1 Å². The molecule has 4 rings (SSSR count). The minimum absolute atomic E-state index is 0.103. The Bertz CT molecular complexity index is 920. The molecule has 0 spiro atoms. The average Bonchev–Trinajstić information content (AvgIpc) is 3.19. The van der Waals surface area contributed by atoms with Crippen LogP contribution in [-0.2, 0) is 11.3 Å². The average molecular weight is 343 g/mol. The van der Waals surface area contributed by atoms with Crippen LogP contribution in [0.2, 0.25) is 5.02 Å². The number of aryl methyl sites for hydroxylation is 1. The molecule has 0 atom stereocenters. The second-order valence-corrected chi connectivity index (χ2v) is 5.96. The van der Waals surface area contributed by atoms with Gasteiger partial charge in [0, 0.05) is 36.8 Å². The zero-order valence-corrected chi connectivity index (χ0v) is 13.5. The lowest BCUT2D eigenvalue weighted by Gasteiger charge is -2.09. The molecule has 1 amide bonds. The smallest absolute Gasteiger partial charge is 0.231 e. The number of ether oxygens (including phenoxy) is 2. The second kappa shape index (κ2) is 6.09. The number of hydrogen-bond donors (Lipinski definition) is 1. The fourth-order valence-corrected chi connectivity index (χ4v) is 2.98. The molecule has 2 heterocycles. The molecular weight excluding hydrogens is 328 g/mol. The fourth-order valence-electron chi connectivity index (χ4n) is 2.78. The maximum absolute atomic E-state index is 12.2. The van der Waals surface area contributed by atoms with Gasteiger partial charge in [0.25, 0.3) is 0 Å². The minimum Gasteiger partial charge on any atom is -0.454 e. The third kappa shape index (κ3) is 2.78. The van der Waals surface area contributed by atoms with Crippen molar-refractivity contribution in [1.82, 2.24) is 4.57 Å². The molecule has 24 heavy (non-hydrogen) atoms. The maximum atomic E-state index is 12.2. The van der Waals surface area contributed by atoms with Gasteiger partial charge in [-0.25, -0.2) is 0 Å². The van der Waals surface area contributed by atoms with Crippen molar-refractivity contribution in [3.63, 3.8) is 0 Å². The van der Waals surface area contributed by atoms with E-state index in [2.05, 4.69) is 16.0 Å². The maximum Gasteiger partial charge on any atom is 0.231 e. The lowest BCUT2D eigenvalue weighted by atomic mass is 10.2. The van der Waals surface area contributed by atoms with Gasteiger partial charge in [-0.1, -0.05) is 29.8 Å². The lowest BCUT2D eigenvalue weighted by molar-refractivity contribution is -0.116. The summed E-state index contributed by atoms with van der Waals surface area (Å²) in [7, 11) is 0. The highest BCUT2D eigenvalue weighted by molar-refractivity contribution is 6.34. The van der Waals surface area contributed by atoms with Crippen molar-refractivity contribution in [3.05, 3.63) is 53.7 Å². The van der Waals surface area contributed by atoms with Crippen LogP contribution in [0.4, 0.5) is 5.69 Å². The highest BCUT2D eigenvalue weighted by Gasteiger charge is 2.17. The second-order valence-electron chi connectivity index (χ2n) is 5.55. The van der Waals surface area contributed by atoms with Gasteiger partial charge >= 0.3 is 0 Å². The lowest BCUT2D eigenvalue weighted by Crippen LogP contribution is -2.14. The van der Waals surface area contributed by atoms with Gasteiger partial charge in [0.1, 0.15) is 0 Å². The first kappa shape index (κ1) is 14.9. The van der Waals surface area contributed by atoms with E-state index in [1.165, 1.54) is 0 Å². The summed E-state index contributed by atoms with van der Waals surface area (Å²) < 4.78 is 12.6. The van der Waals surface area contributed by atoms with E-state index >= 15 is 0 Å². The predicted molar refractivity (Wildman–Crippen MR) is 92.8 cm³/mol. The number of nitrogens with zero attached hydrogens (tertiary/aromatic N) is 1. The molecule has 0 saturated carbocycles. The molecule has 2 aromatic carbocycles. The van der Waals surface area contributed by atoms with E-state index in [0.29, 0.717) is 35.2 Å². The van der Waals surface area contributed by atoms with Gasteiger partial charge in [0.05, 0.1) is 10.7 Å². The van der Waals surface area contributed by atoms with Crippen LogP contribution in [0.25, 0.3) is 10.9 Å². The SMILES string of the molecule is O=C(CCn1ccc2ccccc21)Nc1cc2c(cc1Cl)OCO2. The van der Waals surface area contributed by atoms with Crippen LogP contribution in [-0.4, -0.2) is 17.3 Å². The normalized spacial score (nSPS) is 12.5. The molecule has 1 aliphatic heterocycles. The number of rotatable bonds is 4. The summed E-state index contributed by atoms with van der Waals surface area (Å²) >= 11 is 6.17. The van der Waals surface area contributed by atoms with Crippen LogP contribution < -0.4 is 14.8 Å². The quantitative estimate of drug-likeness (QED) is 0.778. The minimum atomic E-state index is -0.103. The zero-order valence-electron chi connectivity index (χ0n) is 12.8. The number of amides is 1. The molecule has 0 aliphatic carbocycles. The number of carbonyl (C=O) groups is 1. The largest absolute Gasteiger partial charge is 0.454 e. The van der Waals surface area contributed by atoms with Gasteiger partial charge in [-0.15, -0.1) is 0 Å². The summed E-state index contributed by atoms with van der Waals surface area (Å²) in [6.45, 7) is 0.769. The van der Waals surface area contributed by atoms with Gasteiger partial charge < -0.3 is 19.4 Å². The van der Waals surface area contributed by atoms with E-state index in [1.807, 2.05) is 30.5 Å². The molecule has 0 bridgehead atoms. The van der Waals surface area contributed by atoms with Gasteiger partial charge in [-0.3, -0.25) is 4.79 Å². The molecule has 122 valence electrons. The molecule has 0 fully saturated rings. The Balaban J connectivity index is 1.44. The molecule has 0 radical (unpaired) electrons. The van der Waals surface area contributed by atoms with Crippen molar-refractivity contribution < 1.29 is 14.3 Å². The molecule has 1 aromatic heterocycles. The Hall–Kier alpha value is -2.66. The summed E-state index contributed by atoms with van der Waals surface area (Å²) in [5.74, 6) is 1.08. The monoisotopic (exact) mass is 342 g/mol. The number of para-hydroxylation sites is 1. The van der Waals surface area contributed by atoms with E-state index in [9.17, 15) is 4.79 Å². The number of aromatic nitrogens is 1. The third-order valence-corrected chi connectivity index (χ3v) is 4.31. The van der Waals surface area contributed by atoms with E-state index < -0.39 is 0 Å². The Morgan fingerprint density at radius 2 is 1.96 bits per heavy atom. The molecule has 5 nitrogen and oxygen atoms in total.